The molecule has 2 atom stereocenters. The minimum absolute atomic E-state index is 0.0170. The van der Waals surface area contributed by atoms with Gasteiger partial charge in [-0.05, 0) is 39.3 Å². The van der Waals surface area contributed by atoms with E-state index < -0.39 is 11.6 Å². The van der Waals surface area contributed by atoms with Gasteiger partial charge in [-0.1, -0.05) is 6.92 Å². The summed E-state index contributed by atoms with van der Waals surface area (Å²) in [5, 5.41) is 0. The fourth-order valence-corrected chi connectivity index (χ4v) is 3.69. The van der Waals surface area contributed by atoms with Crippen LogP contribution in [-0.2, 0) is 4.74 Å². The van der Waals surface area contributed by atoms with Crippen molar-refractivity contribution in [3.8, 4) is 11.3 Å². The monoisotopic (exact) mass is 485 g/mol. The summed E-state index contributed by atoms with van der Waals surface area (Å²) in [4.78, 5) is 19.8. The molecule has 2 heterocycles. The average Bonchev–Trinajstić information content (AvgIpc) is 2.80. The van der Waals surface area contributed by atoms with Crippen LogP contribution in [0.1, 0.15) is 39.7 Å². The summed E-state index contributed by atoms with van der Waals surface area (Å²) in [5.41, 5.74) is 13.6. The average molecular weight is 486 g/mol. The molecule has 8 nitrogen and oxygen atoms in total. The minimum atomic E-state index is -0.748. The highest BCUT2D eigenvalue weighted by Crippen LogP contribution is 2.30. The molecule has 188 valence electrons. The first-order valence-corrected chi connectivity index (χ1v) is 11.7. The van der Waals surface area contributed by atoms with Gasteiger partial charge in [-0.25, -0.2) is 13.8 Å². The minimum Gasteiger partial charge on any atom is -0.404 e. The Morgan fingerprint density at radius 2 is 2.06 bits per heavy atom. The molecule has 3 rings (SSSR count). The molecule has 1 aliphatic heterocycles. The zero-order valence-corrected chi connectivity index (χ0v) is 20.6. The Morgan fingerprint density at radius 3 is 2.71 bits per heavy atom. The summed E-state index contributed by atoms with van der Waals surface area (Å²) in [5.74, 6) is -0.971. The Morgan fingerprint density at radius 1 is 1.29 bits per heavy atom. The number of nitrogens with two attached hydrogens (primary N) is 2. The lowest BCUT2D eigenvalue weighted by Crippen LogP contribution is -2.48. The Labute approximate surface area is 204 Å². The molecule has 10 heteroatoms. The first kappa shape index (κ1) is 26.2. The van der Waals surface area contributed by atoms with Gasteiger partial charge in [0.2, 0.25) is 5.95 Å². The summed E-state index contributed by atoms with van der Waals surface area (Å²) >= 11 is 0. The lowest BCUT2D eigenvalue weighted by atomic mass is 10.1. The van der Waals surface area contributed by atoms with E-state index in [0.717, 1.165) is 18.1 Å². The van der Waals surface area contributed by atoms with Crippen molar-refractivity contribution in [1.82, 2.24) is 9.97 Å². The fourth-order valence-electron chi connectivity index (χ4n) is 3.69. The summed E-state index contributed by atoms with van der Waals surface area (Å²) in [6, 6.07) is 3.32. The lowest BCUT2D eigenvalue weighted by Gasteiger charge is -2.37. The van der Waals surface area contributed by atoms with Gasteiger partial charge in [-0.15, -0.1) is 0 Å². The summed E-state index contributed by atoms with van der Waals surface area (Å²) in [6.45, 7) is 9.37. The van der Waals surface area contributed by atoms with Crippen molar-refractivity contribution in [2.75, 3.05) is 30.3 Å². The first-order chi connectivity index (χ1) is 16.7. The number of benzene rings is 1. The van der Waals surface area contributed by atoms with E-state index >= 15 is 0 Å². The van der Waals surface area contributed by atoms with Crippen LogP contribution in [0.3, 0.4) is 0 Å². The molecule has 0 saturated carbocycles. The number of morpholine rings is 1. The van der Waals surface area contributed by atoms with E-state index in [4.69, 9.17) is 16.2 Å². The summed E-state index contributed by atoms with van der Waals surface area (Å²) in [7, 11) is 0. The van der Waals surface area contributed by atoms with E-state index in [9.17, 15) is 8.78 Å². The topological polar surface area (TPSA) is 115 Å². The second kappa shape index (κ2) is 11.8. The molecule has 0 spiro atoms. The van der Waals surface area contributed by atoms with Crippen LogP contribution >= 0.6 is 0 Å². The number of anilines is 2. The molecule has 0 aliphatic carbocycles. The molecule has 35 heavy (non-hydrogen) atoms. The van der Waals surface area contributed by atoms with E-state index in [1.54, 1.807) is 6.21 Å². The second-order valence-corrected chi connectivity index (χ2v) is 8.71. The predicted molar refractivity (Wildman–Crippen MR) is 137 cm³/mol. The van der Waals surface area contributed by atoms with Gasteiger partial charge >= 0.3 is 0 Å². The molecule has 1 saturated heterocycles. The predicted octanol–water partition coefficient (Wildman–Crippen LogP) is 3.75. The maximum Gasteiger partial charge on any atom is 0.228 e. The zero-order valence-electron chi connectivity index (χ0n) is 20.6. The van der Waals surface area contributed by atoms with Gasteiger partial charge in [0.1, 0.15) is 23.6 Å². The quantitative estimate of drug-likeness (QED) is 0.551. The maximum atomic E-state index is 14.8. The molecule has 1 aromatic carbocycles. The van der Waals surface area contributed by atoms with Crippen molar-refractivity contribution in [2.24, 2.45) is 15.7 Å². The van der Waals surface area contributed by atoms with Crippen molar-refractivity contribution in [3.63, 3.8) is 0 Å². The maximum absolute atomic E-state index is 14.8. The van der Waals surface area contributed by atoms with Crippen LogP contribution in [0, 0.1) is 11.6 Å². The van der Waals surface area contributed by atoms with Crippen molar-refractivity contribution in [1.29, 1.82) is 0 Å². The van der Waals surface area contributed by atoms with Gasteiger partial charge < -0.3 is 21.1 Å². The van der Waals surface area contributed by atoms with Crippen molar-refractivity contribution >= 4 is 24.2 Å². The third kappa shape index (κ3) is 6.60. The van der Waals surface area contributed by atoms with Gasteiger partial charge in [0.15, 0.2) is 0 Å². The molecule has 1 aromatic heterocycles. The lowest BCUT2D eigenvalue weighted by molar-refractivity contribution is 0.00665. The Hall–Kier alpha value is -3.40. The molecule has 4 N–H and O–H groups in total. The van der Waals surface area contributed by atoms with Gasteiger partial charge in [0.25, 0.3) is 0 Å². The smallest absolute Gasteiger partial charge is 0.228 e. The Balaban J connectivity index is 2.05. The molecular weight excluding hydrogens is 452 g/mol. The SMILES string of the molecule is CCCN=C/C(=C\N)C1CN(c2nc(N)c(C=NC(C)C)c(-c3ccc(F)cc3F)n2)CC(C)O1. The molecule has 0 radical (unpaired) electrons. The number of nitrogens with zero attached hydrogens (tertiary/aromatic N) is 5. The largest absolute Gasteiger partial charge is 0.404 e. The van der Waals surface area contributed by atoms with Gasteiger partial charge in [-0.2, -0.15) is 4.98 Å². The fraction of sp³-hybridized carbons (Fsp3) is 0.440. The van der Waals surface area contributed by atoms with Crippen molar-refractivity contribution < 1.29 is 13.5 Å². The van der Waals surface area contributed by atoms with Crippen LogP contribution in [0.2, 0.25) is 0 Å². The van der Waals surface area contributed by atoms with Crippen LogP contribution in [0.15, 0.2) is 40.0 Å². The van der Waals surface area contributed by atoms with Crippen molar-refractivity contribution in [2.45, 2.75) is 52.4 Å². The van der Waals surface area contributed by atoms with Crippen LogP contribution in [0.5, 0.6) is 0 Å². The Bertz CT molecular complexity index is 1120. The zero-order chi connectivity index (χ0) is 25.5. The number of ether oxygens (including phenoxy) is 1. The molecule has 0 bridgehead atoms. The molecular formula is C25H33F2N7O. The number of hydrogen-bond acceptors (Lipinski definition) is 8. The third-order valence-corrected chi connectivity index (χ3v) is 5.35. The number of aliphatic imine (C=N–C) groups is 2. The van der Waals surface area contributed by atoms with Crippen molar-refractivity contribution in [3.05, 3.63) is 47.2 Å². The van der Waals surface area contributed by atoms with Crippen LogP contribution in [-0.4, -0.2) is 60.3 Å². The number of halogens is 2. The highest BCUT2D eigenvalue weighted by molar-refractivity contribution is 5.94. The van der Waals surface area contributed by atoms with E-state index in [-0.39, 0.29) is 35.3 Å². The molecule has 0 amide bonds. The summed E-state index contributed by atoms with van der Waals surface area (Å²) in [6.07, 6.45) is 5.14. The normalized spacial score (nSPS) is 19.4. The number of hydrogen-bond donors (Lipinski definition) is 2. The number of aromatic nitrogens is 2. The van der Waals surface area contributed by atoms with Crippen LogP contribution in [0.4, 0.5) is 20.5 Å². The van der Waals surface area contributed by atoms with Crippen LogP contribution < -0.4 is 16.4 Å². The summed E-state index contributed by atoms with van der Waals surface area (Å²) < 4.78 is 34.5. The molecule has 2 unspecified atom stereocenters. The van der Waals surface area contributed by atoms with E-state index in [0.29, 0.717) is 31.1 Å². The van der Waals surface area contributed by atoms with Gasteiger partial charge in [-0.3, -0.25) is 9.98 Å². The molecule has 2 aromatic rings. The number of nitrogen functional groups attached to an aromatic ring is 1. The standard InChI is InChI=1S/C25H33F2N7O/c1-5-8-30-11-17(10-28)22-14-34(13-16(4)35-22)25-32-23(19-7-6-18(26)9-21(19)27)20(24(29)33-25)12-31-15(2)3/h6-7,9-12,15-16,22H,5,8,13-14,28H2,1-4H3,(H2,29,32,33)/b17-10+,30-11?,31-12?. The van der Waals surface area contributed by atoms with E-state index in [1.165, 1.54) is 24.5 Å². The van der Waals surface area contributed by atoms with E-state index in [1.807, 2.05) is 32.6 Å². The van der Waals surface area contributed by atoms with Gasteiger partial charge in [0, 0.05) is 55.0 Å². The van der Waals surface area contributed by atoms with Crippen LogP contribution in [0.25, 0.3) is 11.3 Å². The highest BCUT2D eigenvalue weighted by atomic mass is 19.1. The third-order valence-electron chi connectivity index (χ3n) is 5.35. The van der Waals surface area contributed by atoms with Gasteiger partial charge in [0.05, 0.1) is 23.9 Å². The highest BCUT2D eigenvalue weighted by Gasteiger charge is 2.30. The first-order valence-electron chi connectivity index (χ1n) is 11.7. The number of rotatable bonds is 8. The Kier molecular flexibility index (Phi) is 8.86. The molecule has 1 fully saturated rings. The molecule has 1 aliphatic rings. The second-order valence-electron chi connectivity index (χ2n) is 8.71. The van der Waals surface area contributed by atoms with E-state index in [2.05, 4.69) is 20.0 Å².